The van der Waals surface area contributed by atoms with Crippen molar-refractivity contribution in [3.8, 4) is 0 Å². The van der Waals surface area contributed by atoms with Gasteiger partial charge in [-0.25, -0.2) is 13.2 Å². The summed E-state index contributed by atoms with van der Waals surface area (Å²) in [4.78, 5) is 22.8. The van der Waals surface area contributed by atoms with E-state index >= 15 is 0 Å². The van der Waals surface area contributed by atoms with Crippen LogP contribution in [0.5, 0.6) is 0 Å². The molecule has 0 fully saturated rings. The predicted octanol–water partition coefficient (Wildman–Crippen LogP) is 4.07. The standard InChI is InChI=1S/C20H24N2O6S/c1-15-5-11-18(12-6-15)29(26,27)21(20(2,3)4)19(23)28-14-13-16-7-9-17(10-8-16)22(24)25/h5-12H,13-14H2,1-4H3. The van der Waals surface area contributed by atoms with Crippen molar-refractivity contribution in [1.29, 1.82) is 0 Å². The van der Waals surface area contributed by atoms with E-state index in [9.17, 15) is 23.3 Å². The van der Waals surface area contributed by atoms with Crippen molar-refractivity contribution in [2.24, 2.45) is 0 Å². The van der Waals surface area contributed by atoms with Crippen LogP contribution >= 0.6 is 0 Å². The number of nitro groups is 1. The van der Waals surface area contributed by atoms with E-state index in [0.717, 1.165) is 15.4 Å². The van der Waals surface area contributed by atoms with Crippen LogP contribution in [0, 0.1) is 17.0 Å². The highest BCUT2D eigenvalue weighted by Gasteiger charge is 2.39. The molecule has 0 N–H and O–H groups in total. The Balaban J connectivity index is 2.13. The maximum absolute atomic E-state index is 13.0. The van der Waals surface area contributed by atoms with Crippen LogP contribution in [0.15, 0.2) is 53.4 Å². The Kier molecular flexibility index (Phi) is 6.63. The van der Waals surface area contributed by atoms with Gasteiger partial charge in [-0.2, -0.15) is 4.31 Å². The van der Waals surface area contributed by atoms with Gasteiger partial charge in [0, 0.05) is 18.6 Å². The molecule has 0 aliphatic carbocycles. The van der Waals surface area contributed by atoms with Crippen LogP contribution in [-0.4, -0.2) is 35.9 Å². The molecule has 1 amide bonds. The molecular formula is C20H24N2O6S. The van der Waals surface area contributed by atoms with Gasteiger partial charge < -0.3 is 4.74 Å². The second-order valence-corrected chi connectivity index (χ2v) is 9.33. The number of nitrogens with zero attached hydrogens (tertiary/aromatic N) is 2. The van der Waals surface area contributed by atoms with Crippen molar-refractivity contribution in [2.75, 3.05) is 6.61 Å². The zero-order valence-corrected chi connectivity index (χ0v) is 17.6. The van der Waals surface area contributed by atoms with Gasteiger partial charge in [0.05, 0.1) is 22.0 Å². The molecule has 0 saturated carbocycles. The summed E-state index contributed by atoms with van der Waals surface area (Å²) in [7, 11) is -4.10. The molecule has 2 rings (SSSR count). The highest BCUT2D eigenvalue weighted by Crippen LogP contribution is 2.26. The van der Waals surface area contributed by atoms with E-state index in [4.69, 9.17) is 4.74 Å². The smallest absolute Gasteiger partial charge is 0.424 e. The topological polar surface area (TPSA) is 107 Å². The number of ether oxygens (including phenoxy) is 1. The molecule has 0 unspecified atom stereocenters. The number of hydrogen-bond donors (Lipinski definition) is 0. The number of amides is 1. The number of hydrogen-bond acceptors (Lipinski definition) is 6. The van der Waals surface area contributed by atoms with E-state index in [0.29, 0.717) is 6.42 Å². The van der Waals surface area contributed by atoms with Gasteiger partial charge in [0.15, 0.2) is 0 Å². The average molecular weight is 420 g/mol. The Morgan fingerprint density at radius 1 is 1.07 bits per heavy atom. The lowest BCUT2D eigenvalue weighted by molar-refractivity contribution is -0.384. The summed E-state index contributed by atoms with van der Waals surface area (Å²) in [6.07, 6.45) is -0.674. The van der Waals surface area contributed by atoms with Gasteiger partial charge in [-0.05, 0) is 45.4 Å². The maximum Gasteiger partial charge on any atom is 0.424 e. The van der Waals surface area contributed by atoms with Crippen molar-refractivity contribution < 1.29 is 22.9 Å². The minimum Gasteiger partial charge on any atom is -0.448 e. The van der Waals surface area contributed by atoms with Crippen molar-refractivity contribution in [3.05, 3.63) is 69.8 Å². The summed E-state index contributed by atoms with van der Waals surface area (Å²) in [6.45, 7) is 6.60. The van der Waals surface area contributed by atoms with Crippen LogP contribution in [0.4, 0.5) is 10.5 Å². The van der Waals surface area contributed by atoms with Crippen LogP contribution in [-0.2, 0) is 21.2 Å². The Labute approximate surface area is 170 Å². The van der Waals surface area contributed by atoms with Gasteiger partial charge >= 0.3 is 6.09 Å². The zero-order valence-electron chi connectivity index (χ0n) is 16.8. The molecule has 2 aromatic rings. The molecule has 0 atom stereocenters. The number of carbonyl (C=O) groups is 1. The van der Waals surface area contributed by atoms with Crippen molar-refractivity contribution in [1.82, 2.24) is 4.31 Å². The summed E-state index contributed by atoms with van der Waals surface area (Å²) < 4.78 is 32.0. The molecule has 156 valence electrons. The third kappa shape index (κ3) is 5.54. The van der Waals surface area contributed by atoms with Gasteiger partial charge in [0.1, 0.15) is 0 Å². The normalized spacial score (nSPS) is 11.7. The van der Waals surface area contributed by atoms with Crippen LogP contribution < -0.4 is 0 Å². The SMILES string of the molecule is Cc1ccc(S(=O)(=O)N(C(=O)OCCc2ccc([N+](=O)[O-])cc2)C(C)(C)C)cc1. The third-order valence-corrected chi connectivity index (χ3v) is 6.14. The van der Waals surface area contributed by atoms with Gasteiger partial charge in [-0.1, -0.05) is 29.8 Å². The number of carbonyl (C=O) groups excluding carboxylic acids is 1. The number of benzene rings is 2. The lowest BCUT2D eigenvalue weighted by Gasteiger charge is -2.33. The second kappa shape index (κ2) is 8.60. The largest absolute Gasteiger partial charge is 0.448 e. The Hall–Kier alpha value is -2.94. The van der Waals surface area contributed by atoms with Crippen LogP contribution in [0.1, 0.15) is 31.9 Å². The summed E-state index contributed by atoms with van der Waals surface area (Å²) in [5, 5.41) is 10.7. The first-order chi connectivity index (χ1) is 13.4. The first kappa shape index (κ1) is 22.4. The van der Waals surface area contributed by atoms with E-state index in [-0.39, 0.29) is 17.2 Å². The van der Waals surface area contributed by atoms with Crippen molar-refractivity contribution in [2.45, 2.75) is 44.6 Å². The highest BCUT2D eigenvalue weighted by molar-refractivity contribution is 7.89. The molecule has 8 nitrogen and oxygen atoms in total. The molecule has 0 aliphatic heterocycles. The van der Waals surface area contributed by atoms with Crippen LogP contribution in [0.2, 0.25) is 0 Å². The Bertz CT molecular complexity index is 977. The monoisotopic (exact) mass is 420 g/mol. The molecule has 9 heteroatoms. The summed E-state index contributed by atoms with van der Waals surface area (Å²) >= 11 is 0. The highest BCUT2D eigenvalue weighted by atomic mass is 32.2. The predicted molar refractivity (Wildman–Crippen MR) is 108 cm³/mol. The molecule has 2 aromatic carbocycles. The van der Waals surface area contributed by atoms with E-state index in [2.05, 4.69) is 0 Å². The lowest BCUT2D eigenvalue weighted by atomic mass is 10.1. The average Bonchev–Trinajstić information content (AvgIpc) is 2.61. The Morgan fingerprint density at radius 2 is 1.62 bits per heavy atom. The number of aryl methyl sites for hydroxylation is 1. The molecule has 0 bridgehead atoms. The fraction of sp³-hybridized carbons (Fsp3) is 0.350. The van der Waals surface area contributed by atoms with Gasteiger partial charge in [-0.3, -0.25) is 10.1 Å². The second-order valence-electron chi connectivity index (χ2n) is 7.54. The van der Waals surface area contributed by atoms with Crippen LogP contribution in [0.25, 0.3) is 0 Å². The molecule has 0 spiro atoms. The van der Waals surface area contributed by atoms with Crippen molar-refractivity contribution in [3.63, 3.8) is 0 Å². The van der Waals surface area contributed by atoms with E-state index < -0.39 is 26.6 Å². The van der Waals surface area contributed by atoms with Gasteiger partial charge in [-0.15, -0.1) is 0 Å². The maximum atomic E-state index is 13.0. The molecule has 0 saturated heterocycles. The van der Waals surface area contributed by atoms with Gasteiger partial charge in [0.2, 0.25) is 0 Å². The first-order valence-corrected chi connectivity index (χ1v) is 10.4. The summed E-state index contributed by atoms with van der Waals surface area (Å²) in [5.74, 6) is 0. The molecule has 0 aliphatic rings. The number of rotatable bonds is 6. The van der Waals surface area contributed by atoms with Gasteiger partial charge in [0.25, 0.3) is 15.7 Å². The van der Waals surface area contributed by atoms with E-state index in [1.165, 1.54) is 24.3 Å². The molecule has 0 radical (unpaired) electrons. The minimum absolute atomic E-state index is 0.00495. The Morgan fingerprint density at radius 3 is 2.10 bits per heavy atom. The number of nitro benzene ring substituents is 1. The summed E-state index contributed by atoms with van der Waals surface area (Å²) in [6, 6.07) is 12.1. The quantitative estimate of drug-likeness (QED) is 0.515. The van der Waals surface area contributed by atoms with E-state index in [1.807, 2.05) is 6.92 Å². The fourth-order valence-corrected chi connectivity index (χ4v) is 4.31. The zero-order chi connectivity index (χ0) is 21.8. The summed E-state index contributed by atoms with van der Waals surface area (Å²) in [5.41, 5.74) is 0.562. The lowest BCUT2D eigenvalue weighted by Crippen LogP contribution is -2.49. The fourth-order valence-electron chi connectivity index (χ4n) is 2.65. The van der Waals surface area contributed by atoms with Crippen molar-refractivity contribution >= 4 is 21.8 Å². The van der Waals surface area contributed by atoms with E-state index in [1.54, 1.807) is 45.0 Å². The first-order valence-electron chi connectivity index (χ1n) is 8.95. The minimum atomic E-state index is -4.10. The molecule has 29 heavy (non-hydrogen) atoms. The molecule has 0 heterocycles. The number of non-ortho nitro benzene ring substituents is 1. The third-order valence-electron chi connectivity index (χ3n) is 4.10. The molecular weight excluding hydrogens is 396 g/mol. The van der Waals surface area contributed by atoms with Crippen LogP contribution in [0.3, 0.4) is 0 Å². The molecule has 0 aromatic heterocycles. The number of sulfonamides is 1.